The predicted octanol–water partition coefficient (Wildman–Crippen LogP) is 2.54. The smallest absolute Gasteiger partial charge is 0.166 e. The zero-order valence-electron chi connectivity index (χ0n) is 10.1. The van der Waals surface area contributed by atoms with Crippen LogP contribution in [0.2, 0.25) is 0 Å². The Kier molecular flexibility index (Phi) is 4.66. The normalized spacial score (nSPS) is 10.3. The van der Waals surface area contributed by atoms with E-state index in [2.05, 4.69) is 31.2 Å². The Morgan fingerprint density at radius 1 is 1.28 bits per heavy atom. The molecule has 1 heterocycles. The first kappa shape index (κ1) is 13.0. The van der Waals surface area contributed by atoms with Crippen molar-refractivity contribution in [2.24, 2.45) is 0 Å². The molecule has 94 valence electrons. The Morgan fingerprint density at radius 2 is 2.06 bits per heavy atom. The van der Waals surface area contributed by atoms with Gasteiger partial charge in [-0.05, 0) is 46.7 Å². The SMILES string of the molecule is CNCc1ccc(OCc2ncccn2)c(Br)c1. The molecule has 5 heteroatoms. The molecule has 0 saturated heterocycles. The van der Waals surface area contributed by atoms with Crippen LogP contribution in [-0.2, 0) is 13.2 Å². The van der Waals surface area contributed by atoms with Crippen LogP contribution in [0.3, 0.4) is 0 Å². The van der Waals surface area contributed by atoms with Crippen molar-refractivity contribution in [2.45, 2.75) is 13.2 Å². The molecule has 0 atom stereocenters. The van der Waals surface area contributed by atoms with Crippen molar-refractivity contribution in [1.82, 2.24) is 15.3 Å². The molecule has 0 unspecified atom stereocenters. The molecule has 0 bridgehead atoms. The maximum Gasteiger partial charge on any atom is 0.166 e. The van der Waals surface area contributed by atoms with Gasteiger partial charge in [0.15, 0.2) is 5.82 Å². The monoisotopic (exact) mass is 307 g/mol. The number of nitrogens with one attached hydrogen (secondary N) is 1. The van der Waals surface area contributed by atoms with Gasteiger partial charge in [-0.2, -0.15) is 0 Å². The summed E-state index contributed by atoms with van der Waals surface area (Å²) < 4.78 is 6.60. The topological polar surface area (TPSA) is 47.0 Å². The lowest BCUT2D eigenvalue weighted by Gasteiger charge is -2.09. The fourth-order valence-electron chi connectivity index (χ4n) is 1.52. The minimum Gasteiger partial charge on any atom is -0.484 e. The highest BCUT2D eigenvalue weighted by Gasteiger charge is 2.03. The van der Waals surface area contributed by atoms with Gasteiger partial charge >= 0.3 is 0 Å². The first-order valence-electron chi connectivity index (χ1n) is 5.61. The minimum absolute atomic E-state index is 0.366. The van der Waals surface area contributed by atoms with Crippen molar-refractivity contribution in [3.8, 4) is 5.75 Å². The van der Waals surface area contributed by atoms with Crippen LogP contribution >= 0.6 is 15.9 Å². The van der Waals surface area contributed by atoms with Crippen molar-refractivity contribution in [3.05, 3.63) is 52.5 Å². The number of rotatable bonds is 5. The van der Waals surface area contributed by atoms with E-state index >= 15 is 0 Å². The van der Waals surface area contributed by atoms with Gasteiger partial charge in [0.05, 0.1) is 4.47 Å². The van der Waals surface area contributed by atoms with E-state index in [4.69, 9.17) is 4.74 Å². The minimum atomic E-state index is 0.366. The molecule has 0 saturated carbocycles. The van der Waals surface area contributed by atoms with Crippen LogP contribution in [-0.4, -0.2) is 17.0 Å². The summed E-state index contributed by atoms with van der Waals surface area (Å²) in [4.78, 5) is 8.22. The summed E-state index contributed by atoms with van der Waals surface area (Å²) in [6.07, 6.45) is 3.41. The number of aromatic nitrogens is 2. The summed E-state index contributed by atoms with van der Waals surface area (Å²) in [6.45, 7) is 1.20. The van der Waals surface area contributed by atoms with Crippen molar-refractivity contribution in [3.63, 3.8) is 0 Å². The van der Waals surface area contributed by atoms with Gasteiger partial charge in [-0.15, -0.1) is 0 Å². The van der Waals surface area contributed by atoms with E-state index in [0.29, 0.717) is 12.4 Å². The standard InChI is InChI=1S/C13H14BrN3O/c1-15-8-10-3-4-12(11(14)7-10)18-9-13-16-5-2-6-17-13/h2-7,15H,8-9H2,1H3. The second kappa shape index (κ2) is 6.47. The molecule has 0 spiro atoms. The maximum absolute atomic E-state index is 5.66. The van der Waals surface area contributed by atoms with Gasteiger partial charge in [0.1, 0.15) is 12.4 Å². The Hall–Kier alpha value is -1.46. The van der Waals surface area contributed by atoms with E-state index in [0.717, 1.165) is 16.8 Å². The van der Waals surface area contributed by atoms with E-state index in [1.54, 1.807) is 18.5 Å². The Labute approximate surface area is 115 Å². The molecule has 18 heavy (non-hydrogen) atoms. The highest BCUT2D eigenvalue weighted by atomic mass is 79.9. The second-order valence-corrected chi connectivity index (χ2v) is 4.60. The Balaban J connectivity index is 2.01. The van der Waals surface area contributed by atoms with E-state index in [1.165, 1.54) is 5.56 Å². The molecule has 1 aromatic heterocycles. The first-order valence-corrected chi connectivity index (χ1v) is 6.40. The average molecular weight is 308 g/mol. The highest BCUT2D eigenvalue weighted by molar-refractivity contribution is 9.10. The first-order chi connectivity index (χ1) is 8.79. The number of ether oxygens (including phenoxy) is 1. The summed E-state index contributed by atoms with van der Waals surface area (Å²) in [5, 5.41) is 3.11. The molecule has 2 aromatic rings. The van der Waals surface area contributed by atoms with Gasteiger partial charge in [-0.3, -0.25) is 0 Å². The van der Waals surface area contributed by atoms with E-state index < -0.39 is 0 Å². The predicted molar refractivity (Wildman–Crippen MR) is 73.3 cm³/mol. The third kappa shape index (κ3) is 3.51. The molecule has 2 rings (SSSR count). The van der Waals surface area contributed by atoms with Crippen LogP contribution in [0.25, 0.3) is 0 Å². The van der Waals surface area contributed by atoms with Crippen molar-refractivity contribution in [2.75, 3.05) is 7.05 Å². The molecule has 0 aliphatic carbocycles. The number of benzene rings is 1. The summed E-state index contributed by atoms with van der Waals surface area (Å²) in [5.74, 6) is 1.46. The molecule has 0 aliphatic rings. The quantitative estimate of drug-likeness (QED) is 0.922. The number of hydrogen-bond acceptors (Lipinski definition) is 4. The molecular weight excluding hydrogens is 294 g/mol. The largest absolute Gasteiger partial charge is 0.484 e. The van der Waals surface area contributed by atoms with Gasteiger partial charge in [0.25, 0.3) is 0 Å². The van der Waals surface area contributed by atoms with Gasteiger partial charge in [0, 0.05) is 18.9 Å². The highest BCUT2D eigenvalue weighted by Crippen LogP contribution is 2.26. The average Bonchev–Trinajstić information content (AvgIpc) is 2.39. The van der Waals surface area contributed by atoms with Gasteiger partial charge < -0.3 is 10.1 Å². The second-order valence-electron chi connectivity index (χ2n) is 3.75. The van der Waals surface area contributed by atoms with Crippen LogP contribution in [0.5, 0.6) is 5.75 Å². The lowest BCUT2D eigenvalue weighted by molar-refractivity contribution is 0.294. The lowest BCUT2D eigenvalue weighted by Crippen LogP contribution is -2.05. The zero-order valence-corrected chi connectivity index (χ0v) is 11.6. The van der Waals surface area contributed by atoms with E-state index in [1.807, 2.05) is 25.2 Å². The molecule has 1 N–H and O–H groups in total. The number of nitrogens with zero attached hydrogens (tertiary/aromatic N) is 2. The summed E-state index contributed by atoms with van der Waals surface area (Å²) in [6, 6.07) is 7.80. The third-order valence-electron chi connectivity index (χ3n) is 2.35. The van der Waals surface area contributed by atoms with E-state index in [-0.39, 0.29) is 0 Å². The molecular formula is C13H14BrN3O. The molecule has 4 nitrogen and oxygen atoms in total. The van der Waals surface area contributed by atoms with Gasteiger partial charge in [0.2, 0.25) is 0 Å². The Morgan fingerprint density at radius 3 is 2.72 bits per heavy atom. The third-order valence-corrected chi connectivity index (χ3v) is 2.97. The van der Waals surface area contributed by atoms with Crippen LogP contribution in [0.1, 0.15) is 11.4 Å². The molecule has 0 amide bonds. The van der Waals surface area contributed by atoms with Gasteiger partial charge in [-0.1, -0.05) is 6.07 Å². The van der Waals surface area contributed by atoms with Crippen molar-refractivity contribution >= 4 is 15.9 Å². The van der Waals surface area contributed by atoms with Gasteiger partial charge in [-0.25, -0.2) is 9.97 Å². The fourth-order valence-corrected chi connectivity index (χ4v) is 2.06. The lowest BCUT2D eigenvalue weighted by atomic mass is 10.2. The van der Waals surface area contributed by atoms with Crippen molar-refractivity contribution < 1.29 is 4.74 Å². The molecule has 0 fully saturated rings. The van der Waals surface area contributed by atoms with Crippen LogP contribution in [0.15, 0.2) is 41.1 Å². The summed E-state index contributed by atoms with van der Waals surface area (Å²) in [7, 11) is 1.92. The Bertz CT molecular complexity index is 505. The zero-order chi connectivity index (χ0) is 12.8. The summed E-state index contributed by atoms with van der Waals surface area (Å²) >= 11 is 3.50. The van der Waals surface area contributed by atoms with E-state index in [9.17, 15) is 0 Å². The van der Waals surface area contributed by atoms with Crippen molar-refractivity contribution in [1.29, 1.82) is 0 Å². The summed E-state index contributed by atoms with van der Waals surface area (Å²) in [5.41, 5.74) is 1.20. The van der Waals surface area contributed by atoms with Crippen LogP contribution in [0, 0.1) is 0 Å². The molecule has 0 aliphatic heterocycles. The maximum atomic E-state index is 5.66. The molecule has 0 radical (unpaired) electrons. The van der Waals surface area contributed by atoms with Crippen LogP contribution in [0.4, 0.5) is 0 Å². The number of halogens is 1. The fraction of sp³-hybridized carbons (Fsp3) is 0.231. The van der Waals surface area contributed by atoms with Crippen LogP contribution < -0.4 is 10.1 Å². The number of hydrogen-bond donors (Lipinski definition) is 1. The molecule has 1 aromatic carbocycles.